The highest BCUT2D eigenvalue weighted by Gasteiger charge is 2.25. The molecule has 2 rings (SSSR count). The highest BCUT2D eigenvalue weighted by molar-refractivity contribution is 5.74. The van der Waals surface area contributed by atoms with Crippen LogP contribution >= 0.6 is 0 Å². The smallest absolute Gasteiger partial charge is 0.317 e. The predicted molar refractivity (Wildman–Crippen MR) is 73.6 cm³/mol. The first kappa shape index (κ1) is 13.7. The first-order valence-corrected chi connectivity index (χ1v) is 7.55. The Morgan fingerprint density at radius 2 is 1.94 bits per heavy atom. The van der Waals surface area contributed by atoms with Crippen LogP contribution in [-0.2, 0) is 0 Å². The Balaban J connectivity index is 1.58. The van der Waals surface area contributed by atoms with Gasteiger partial charge in [-0.15, -0.1) is 0 Å². The minimum Gasteiger partial charge on any atom is -0.338 e. The van der Waals surface area contributed by atoms with Crippen LogP contribution in [0, 0.1) is 5.92 Å². The molecule has 2 N–H and O–H groups in total. The molecule has 0 aromatic rings. The minimum atomic E-state index is 0.129. The lowest BCUT2D eigenvalue weighted by Crippen LogP contribution is -2.48. The van der Waals surface area contributed by atoms with Gasteiger partial charge in [-0.25, -0.2) is 4.79 Å². The van der Waals surface area contributed by atoms with Crippen molar-refractivity contribution in [1.82, 2.24) is 15.5 Å². The molecule has 1 heterocycles. The third-order valence-electron chi connectivity index (χ3n) is 3.98. The highest BCUT2D eigenvalue weighted by atomic mass is 16.2. The Kier molecular flexibility index (Phi) is 5.29. The summed E-state index contributed by atoms with van der Waals surface area (Å²) < 4.78 is 0. The molecule has 2 amide bonds. The van der Waals surface area contributed by atoms with Crippen LogP contribution in [0.15, 0.2) is 0 Å². The van der Waals surface area contributed by atoms with E-state index in [1.165, 1.54) is 19.4 Å². The van der Waals surface area contributed by atoms with E-state index in [0.29, 0.717) is 6.04 Å². The summed E-state index contributed by atoms with van der Waals surface area (Å²) in [6, 6.07) is 0.759. The van der Waals surface area contributed by atoms with Crippen LogP contribution in [0.1, 0.15) is 45.4 Å². The topological polar surface area (TPSA) is 44.4 Å². The highest BCUT2D eigenvalue weighted by Crippen LogP contribution is 2.28. The average Bonchev–Trinajstić information content (AvgIpc) is 3.21. The zero-order chi connectivity index (χ0) is 12.8. The number of carbonyl (C=O) groups is 1. The van der Waals surface area contributed by atoms with Crippen molar-refractivity contribution in [2.24, 2.45) is 5.92 Å². The number of nitrogens with zero attached hydrogens (tertiary/aromatic N) is 1. The zero-order valence-electron chi connectivity index (χ0n) is 11.6. The van der Waals surface area contributed by atoms with Crippen LogP contribution in [0.5, 0.6) is 0 Å². The molecule has 2 aliphatic rings. The number of hydrogen-bond acceptors (Lipinski definition) is 2. The molecule has 0 unspecified atom stereocenters. The van der Waals surface area contributed by atoms with Crippen LogP contribution in [0.25, 0.3) is 0 Å². The normalized spacial score (nSPS) is 21.1. The standard InChI is InChI=1S/C14H27N3O/c1-2-3-8-15-14(18)17-9-6-13(7-10-17)16-11-12-4-5-12/h12-13,16H,2-11H2,1H3,(H,15,18). The van der Waals surface area contributed by atoms with Crippen molar-refractivity contribution in [3.05, 3.63) is 0 Å². The van der Waals surface area contributed by atoms with E-state index in [1.54, 1.807) is 0 Å². The molecule has 1 aliphatic carbocycles. The van der Waals surface area contributed by atoms with E-state index in [0.717, 1.165) is 51.2 Å². The predicted octanol–water partition coefficient (Wildman–Crippen LogP) is 1.96. The number of likely N-dealkylation sites (tertiary alicyclic amines) is 1. The second kappa shape index (κ2) is 6.98. The lowest BCUT2D eigenvalue weighted by atomic mass is 10.1. The van der Waals surface area contributed by atoms with Crippen molar-refractivity contribution in [3.8, 4) is 0 Å². The van der Waals surface area contributed by atoms with Crippen LogP contribution < -0.4 is 10.6 Å². The van der Waals surface area contributed by atoms with Gasteiger partial charge in [0.15, 0.2) is 0 Å². The second-order valence-electron chi connectivity index (χ2n) is 5.70. The number of nitrogens with one attached hydrogen (secondary N) is 2. The number of hydrogen-bond donors (Lipinski definition) is 2. The van der Waals surface area contributed by atoms with Gasteiger partial charge in [-0.05, 0) is 44.6 Å². The number of amides is 2. The summed E-state index contributed by atoms with van der Waals surface area (Å²) in [4.78, 5) is 13.8. The third kappa shape index (κ3) is 4.48. The van der Waals surface area contributed by atoms with Gasteiger partial charge in [-0.1, -0.05) is 13.3 Å². The van der Waals surface area contributed by atoms with E-state index in [2.05, 4.69) is 17.6 Å². The lowest BCUT2D eigenvalue weighted by molar-refractivity contribution is 0.176. The summed E-state index contributed by atoms with van der Waals surface area (Å²) in [6.07, 6.45) is 7.23. The molecule has 2 fully saturated rings. The molecule has 0 spiro atoms. The van der Waals surface area contributed by atoms with Gasteiger partial charge in [0.05, 0.1) is 0 Å². The van der Waals surface area contributed by atoms with E-state index in [4.69, 9.17) is 0 Å². The maximum atomic E-state index is 11.9. The van der Waals surface area contributed by atoms with Crippen molar-refractivity contribution in [2.75, 3.05) is 26.2 Å². The Labute approximate surface area is 110 Å². The third-order valence-corrected chi connectivity index (χ3v) is 3.98. The Morgan fingerprint density at radius 3 is 2.56 bits per heavy atom. The quantitative estimate of drug-likeness (QED) is 0.711. The van der Waals surface area contributed by atoms with Crippen molar-refractivity contribution >= 4 is 6.03 Å². The number of carbonyl (C=O) groups excluding carboxylic acids is 1. The van der Waals surface area contributed by atoms with Crippen LogP contribution in [0.3, 0.4) is 0 Å². The molecular formula is C14H27N3O. The van der Waals surface area contributed by atoms with E-state index >= 15 is 0 Å². The minimum absolute atomic E-state index is 0.129. The van der Waals surface area contributed by atoms with E-state index < -0.39 is 0 Å². The zero-order valence-corrected chi connectivity index (χ0v) is 11.6. The number of unbranched alkanes of at least 4 members (excludes halogenated alkanes) is 1. The molecule has 0 aromatic heterocycles. The van der Waals surface area contributed by atoms with Crippen LogP contribution in [-0.4, -0.2) is 43.2 Å². The molecule has 1 saturated heterocycles. The van der Waals surface area contributed by atoms with Gasteiger partial charge >= 0.3 is 6.03 Å². The van der Waals surface area contributed by atoms with Crippen molar-refractivity contribution in [3.63, 3.8) is 0 Å². The fraction of sp³-hybridized carbons (Fsp3) is 0.929. The summed E-state index contributed by atoms with van der Waals surface area (Å²) in [5.41, 5.74) is 0. The molecule has 1 saturated carbocycles. The number of rotatable bonds is 6. The van der Waals surface area contributed by atoms with Gasteiger partial charge in [-0.2, -0.15) is 0 Å². The SMILES string of the molecule is CCCCNC(=O)N1CCC(NCC2CC2)CC1. The van der Waals surface area contributed by atoms with Gasteiger partial charge in [0.2, 0.25) is 0 Å². The molecule has 4 heteroatoms. The van der Waals surface area contributed by atoms with Gasteiger partial charge in [0.25, 0.3) is 0 Å². The van der Waals surface area contributed by atoms with Gasteiger partial charge in [0, 0.05) is 25.7 Å². The molecule has 4 nitrogen and oxygen atoms in total. The van der Waals surface area contributed by atoms with Gasteiger partial charge < -0.3 is 15.5 Å². The van der Waals surface area contributed by atoms with Gasteiger partial charge in [0.1, 0.15) is 0 Å². The summed E-state index contributed by atoms with van der Waals surface area (Å²) >= 11 is 0. The number of piperidine rings is 1. The summed E-state index contributed by atoms with van der Waals surface area (Å²) in [6.45, 7) is 5.95. The first-order chi connectivity index (χ1) is 8.79. The second-order valence-corrected chi connectivity index (χ2v) is 5.70. The fourth-order valence-corrected chi connectivity index (χ4v) is 2.43. The van der Waals surface area contributed by atoms with Crippen molar-refractivity contribution in [1.29, 1.82) is 0 Å². The maximum absolute atomic E-state index is 11.9. The van der Waals surface area contributed by atoms with Gasteiger partial charge in [-0.3, -0.25) is 0 Å². The molecule has 0 bridgehead atoms. The molecule has 0 atom stereocenters. The summed E-state index contributed by atoms with van der Waals surface area (Å²) in [5, 5.41) is 6.63. The molecule has 0 aromatic carbocycles. The van der Waals surface area contributed by atoms with E-state index in [9.17, 15) is 4.79 Å². The van der Waals surface area contributed by atoms with Crippen molar-refractivity contribution < 1.29 is 4.79 Å². The molecule has 18 heavy (non-hydrogen) atoms. The number of urea groups is 1. The first-order valence-electron chi connectivity index (χ1n) is 7.55. The van der Waals surface area contributed by atoms with E-state index in [-0.39, 0.29) is 6.03 Å². The summed E-state index contributed by atoms with van der Waals surface area (Å²) in [7, 11) is 0. The molecule has 0 radical (unpaired) electrons. The average molecular weight is 253 g/mol. The Bertz CT molecular complexity index is 258. The molecule has 1 aliphatic heterocycles. The molecular weight excluding hydrogens is 226 g/mol. The Morgan fingerprint density at radius 1 is 1.22 bits per heavy atom. The fourth-order valence-electron chi connectivity index (χ4n) is 2.43. The lowest BCUT2D eigenvalue weighted by Gasteiger charge is -2.32. The monoisotopic (exact) mass is 253 g/mol. The summed E-state index contributed by atoms with van der Waals surface area (Å²) in [5.74, 6) is 0.945. The molecule has 104 valence electrons. The van der Waals surface area contributed by atoms with Crippen LogP contribution in [0.2, 0.25) is 0 Å². The Hall–Kier alpha value is -0.770. The maximum Gasteiger partial charge on any atom is 0.317 e. The van der Waals surface area contributed by atoms with Crippen LogP contribution in [0.4, 0.5) is 4.79 Å². The largest absolute Gasteiger partial charge is 0.338 e. The van der Waals surface area contributed by atoms with Crippen molar-refractivity contribution in [2.45, 2.75) is 51.5 Å². The van der Waals surface area contributed by atoms with E-state index in [1.807, 2.05) is 4.90 Å².